The molecule has 1 aromatic carbocycles. The van der Waals surface area contributed by atoms with Gasteiger partial charge in [-0.1, -0.05) is 17.7 Å². The molecule has 0 unspecified atom stereocenters. The molecule has 0 aromatic heterocycles. The molecule has 1 aliphatic rings. The normalized spacial score (nSPS) is 20.5. The monoisotopic (exact) mass is 256 g/mol. The van der Waals surface area contributed by atoms with Gasteiger partial charge in [0.15, 0.2) is 0 Å². The Labute approximate surface area is 107 Å². The quantitative estimate of drug-likeness (QED) is 0.875. The van der Waals surface area contributed by atoms with E-state index in [1.54, 1.807) is 12.1 Å². The van der Waals surface area contributed by atoms with E-state index in [2.05, 4.69) is 24.1 Å². The predicted molar refractivity (Wildman–Crippen MR) is 68.8 cm³/mol. The predicted octanol–water partition coefficient (Wildman–Crippen LogP) is 2.66. The average molecular weight is 257 g/mol. The van der Waals surface area contributed by atoms with Crippen LogP contribution in [-0.2, 0) is 6.54 Å². The van der Waals surface area contributed by atoms with Gasteiger partial charge in [-0.25, -0.2) is 4.39 Å². The second-order valence-corrected chi connectivity index (χ2v) is 5.68. The Morgan fingerprint density at radius 3 is 2.88 bits per heavy atom. The van der Waals surface area contributed by atoms with Crippen LogP contribution in [0.3, 0.4) is 0 Å². The van der Waals surface area contributed by atoms with Crippen LogP contribution in [0.5, 0.6) is 0 Å². The standard InChI is InChI=1S/C13H18ClFN2/c1-13(2)9-17(6-5-16-13)8-10-3-4-12(15)11(14)7-10/h3-4,7,16H,5-6,8-9H2,1-2H3. The summed E-state index contributed by atoms with van der Waals surface area (Å²) in [6, 6.07) is 4.95. The van der Waals surface area contributed by atoms with E-state index in [9.17, 15) is 4.39 Å². The molecule has 1 N–H and O–H groups in total. The first kappa shape index (κ1) is 12.8. The highest BCUT2D eigenvalue weighted by Gasteiger charge is 2.25. The minimum absolute atomic E-state index is 0.141. The lowest BCUT2D eigenvalue weighted by atomic mass is 10.0. The molecule has 94 valence electrons. The lowest BCUT2D eigenvalue weighted by molar-refractivity contribution is 0.148. The molecule has 1 heterocycles. The molecule has 4 heteroatoms. The van der Waals surface area contributed by atoms with E-state index in [0.717, 1.165) is 31.7 Å². The average Bonchev–Trinajstić information content (AvgIpc) is 2.22. The van der Waals surface area contributed by atoms with Gasteiger partial charge in [0.05, 0.1) is 5.02 Å². The van der Waals surface area contributed by atoms with Gasteiger partial charge < -0.3 is 5.32 Å². The van der Waals surface area contributed by atoms with Crippen LogP contribution >= 0.6 is 11.6 Å². The Bertz CT molecular complexity index is 406. The summed E-state index contributed by atoms with van der Waals surface area (Å²) in [5.41, 5.74) is 1.20. The van der Waals surface area contributed by atoms with Gasteiger partial charge in [-0.15, -0.1) is 0 Å². The van der Waals surface area contributed by atoms with Crippen molar-refractivity contribution < 1.29 is 4.39 Å². The number of halogens is 2. The fraction of sp³-hybridized carbons (Fsp3) is 0.538. The maximum atomic E-state index is 13.0. The van der Waals surface area contributed by atoms with Crippen LogP contribution in [0.15, 0.2) is 18.2 Å². The summed E-state index contributed by atoms with van der Waals surface area (Å²) in [5, 5.41) is 3.67. The third kappa shape index (κ3) is 3.41. The zero-order chi connectivity index (χ0) is 12.5. The van der Waals surface area contributed by atoms with E-state index >= 15 is 0 Å². The molecule has 2 nitrogen and oxygen atoms in total. The molecule has 1 saturated heterocycles. The maximum absolute atomic E-state index is 13.0. The van der Waals surface area contributed by atoms with Crippen molar-refractivity contribution in [2.45, 2.75) is 25.9 Å². The largest absolute Gasteiger partial charge is 0.309 e. The highest BCUT2D eigenvalue weighted by molar-refractivity contribution is 6.30. The van der Waals surface area contributed by atoms with E-state index in [-0.39, 0.29) is 16.4 Å². The zero-order valence-corrected chi connectivity index (χ0v) is 11.0. The van der Waals surface area contributed by atoms with E-state index in [0.29, 0.717) is 0 Å². The zero-order valence-electron chi connectivity index (χ0n) is 10.3. The highest BCUT2D eigenvalue weighted by Crippen LogP contribution is 2.19. The van der Waals surface area contributed by atoms with Gasteiger partial charge in [0.2, 0.25) is 0 Å². The van der Waals surface area contributed by atoms with Crippen molar-refractivity contribution in [2.24, 2.45) is 0 Å². The smallest absolute Gasteiger partial charge is 0.141 e. The van der Waals surface area contributed by atoms with Gasteiger partial charge in [-0.2, -0.15) is 0 Å². The summed E-state index contributed by atoms with van der Waals surface area (Å²) >= 11 is 5.78. The van der Waals surface area contributed by atoms with Gasteiger partial charge in [0.1, 0.15) is 5.82 Å². The Morgan fingerprint density at radius 1 is 1.47 bits per heavy atom. The first-order chi connectivity index (χ1) is 7.96. The molecule has 0 amide bonds. The number of rotatable bonds is 2. The second-order valence-electron chi connectivity index (χ2n) is 5.27. The summed E-state index contributed by atoms with van der Waals surface area (Å²) in [6.07, 6.45) is 0. The number of piperazine rings is 1. The van der Waals surface area contributed by atoms with Crippen LogP contribution in [-0.4, -0.2) is 30.1 Å². The first-order valence-electron chi connectivity index (χ1n) is 5.88. The number of hydrogen-bond donors (Lipinski definition) is 1. The Balaban J connectivity index is 2.03. The first-order valence-corrected chi connectivity index (χ1v) is 6.25. The molecule has 0 saturated carbocycles. The van der Waals surface area contributed by atoms with Crippen molar-refractivity contribution in [1.29, 1.82) is 0 Å². The molecule has 17 heavy (non-hydrogen) atoms. The SMILES string of the molecule is CC1(C)CN(Cc2ccc(F)c(Cl)c2)CCN1. The minimum Gasteiger partial charge on any atom is -0.309 e. The van der Waals surface area contributed by atoms with Crippen molar-refractivity contribution >= 4 is 11.6 Å². The third-order valence-corrected chi connectivity index (χ3v) is 3.33. The van der Waals surface area contributed by atoms with Gasteiger partial charge in [-0.3, -0.25) is 4.90 Å². The molecule has 1 aliphatic heterocycles. The van der Waals surface area contributed by atoms with Crippen LogP contribution in [0.4, 0.5) is 4.39 Å². The molecule has 0 atom stereocenters. The van der Waals surface area contributed by atoms with Crippen LogP contribution < -0.4 is 5.32 Å². The van der Waals surface area contributed by atoms with Crippen LogP contribution in [0.1, 0.15) is 19.4 Å². The van der Waals surface area contributed by atoms with Crippen molar-refractivity contribution in [3.05, 3.63) is 34.6 Å². The molecule has 1 fully saturated rings. The fourth-order valence-corrected chi connectivity index (χ4v) is 2.48. The summed E-state index contributed by atoms with van der Waals surface area (Å²) in [7, 11) is 0. The summed E-state index contributed by atoms with van der Waals surface area (Å²) in [4.78, 5) is 2.36. The second kappa shape index (κ2) is 4.92. The lowest BCUT2D eigenvalue weighted by Crippen LogP contribution is -2.56. The minimum atomic E-state index is -0.351. The van der Waals surface area contributed by atoms with Crippen molar-refractivity contribution in [3.8, 4) is 0 Å². The maximum Gasteiger partial charge on any atom is 0.141 e. The highest BCUT2D eigenvalue weighted by atomic mass is 35.5. The number of nitrogens with one attached hydrogen (secondary N) is 1. The van der Waals surface area contributed by atoms with Gasteiger partial charge in [0, 0.05) is 31.7 Å². The summed E-state index contributed by atoms with van der Waals surface area (Å²) in [6.45, 7) is 8.20. The molecular formula is C13H18ClFN2. The van der Waals surface area contributed by atoms with E-state index in [4.69, 9.17) is 11.6 Å². The Morgan fingerprint density at radius 2 is 2.24 bits per heavy atom. The Kier molecular flexibility index (Phi) is 3.71. The van der Waals surface area contributed by atoms with E-state index < -0.39 is 0 Å². The van der Waals surface area contributed by atoms with Crippen LogP contribution in [0.25, 0.3) is 0 Å². The molecule has 0 spiro atoms. The third-order valence-electron chi connectivity index (χ3n) is 3.04. The van der Waals surface area contributed by atoms with Crippen molar-refractivity contribution in [3.63, 3.8) is 0 Å². The summed E-state index contributed by atoms with van der Waals surface area (Å²) in [5.74, 6) is -0.351. The molecule has 0 aliphatic carbocycles. The van der Waals surface area contributed by atoms with Gasteiger partial charge in [-0.05, 0) is 31.5 Å². The van der Waals surface area contributed by atoms with Crippen molar-refractivity contribution in [2.75, 3.05) is 19.6 Å². The molecule has 1 aromatic rings. The Hall–Kier alpha value is -0.640. The van der Waals surface area contributed by atoms with Crippen LogP contribution in [0, 0.1) is 5.82 Å². The molecule has 2 rings (SSSR count). The molecular weight excluding hydrogens is 239 g/mol. The molecule has 0 bridgehead atoms. The number of nitrogens with zero attached hydrogens (tertiary/aromatic N) is 1. The van der Waals surface area contributed by atoms with Crippen molar-refractivity contribution in [1.82, 2.24) is 10.2 Å². The summed E-state index contributed by atoms with van der Waals surface area (Å²) < 4.78 is 13.0. The van der Waals surface area contributed by atoms with E-state index in [1.165, 1.54) is 6.07 Å². The number of benzene rings is 1. The van der Waals surface area contributed by atoms with E-state index in [1.807, 2.05) is 0 Å². The molecule has 0 radical (unpaired) electrons. The van der Waals surface area contributed by atoms with Gasteiger partial charge in [0.25, 0.3) is 0 Å². The van der Waals surface area contributed by atoms with Gasteiger partial charge >= 0.3 is 0 Å². The fourth-order valence-electron chi connectivity index (χ4n) is 2.28. The topological polar surface area (TPSA) is 15.3 Å². The number of hydrogen-bond acceptors (Lipinski definition) is 2. The van der Waals surface area contributed by atoms with Crippen LogP contribution in [0.2, 0.25) is 5.02 Å². The lowest BCUT2D eigenvalue weighted by Gasteiger charge is -2.39.